The second-order valence-corrected chi connectivity index (χ2v) is 6.99. The quantitative estimate of drug-likeness (QED) is 0.378. The Labute approximate surface area is 163 Å². The average Bonchev–Trinajstić information content (AvgIpc) is 2.57. The smallest absolute Gasteiger partial charge is 0.107 e. The van der Waals surface area contributed by atoms with Gasteiger partial charge >= 0.3 is 0 Å². The molecule has 0 atom stereocenters. The third-order valence-corrected chi connectivity index (χ3v) is 2.21. The maximum atomic E-state index is 8.02. The van der Waals surface area contributed by atoms with E-state index in [9.17, 15) is 0 Å². The van der Waals surface area contributed by atoms with Crippen LogP contribution in [-0.2, 0) is 21.0 Å². The number of hydrogen-bond donors (Lipinski definition) is 3. The van der Waals surface area contributed by atoms with Crippen molar-refractivity contribution in [2.24, 2.45) is 11.7 Å². The third kappa shape index (κ3) is 34.1. The lowest BCUT2D eigenvalue weighted by molar-refractivity contribution is -0.253. The van der Waals surface area contributed by atoms with Gasteiger partial charge in [-0.3, -0.25) is 5.26 Å². The number of hydrogen-bond acceptors (Lipinski definition) is 6. The van der Waals surface area contributed by atoms with E-state index in [0.29, 0.717) is 6.54 Å². The molecule has 1 aromatic carbocycles. The zero-order valence-electron chi connectivity index (χ0n) is 17.5. The molecule has 6 heteroatoms. The van der Waals surface area contributed by atoms with Crippen LogP contribution < -0.4 is 11.1 Å². The van der Waals surface area contributed by atoms with E-state index in [1.54, 1.807) is 0 Å². The van der Waals surface area contributed by atoms with Crippen molar-refractivity contribution in [3.05, 3.63) is 35.9 Å². The zero-order valence-corrected chi connectivity index (χ0v) is 17.5. The molecule has 0 aliphatic carbocycles. The predicted molar refractivity (Wildman–Crippen MR) is 113 cm³/mol. The Morgan fingerprint density at radius 3 is 2.04 bits per heavy atom. The van der Waals surface area contributed by atoms with Gasteiger partial charge < -0.3 is 20.6 Å². The zero-order chi connectivity index (χ0) is 20.8. The summed E-state index contributed by atoms with van der Waals surface area (Å²) in [5, 5.41) is 11.2. The number of ether oxygens (including phenoxy) is 1. The van der Waals surface area contributed by atoms with Crippen LogP contribution in [0.25, 0.3) is 0 Å². The summed E-state index contributed by atoms with van der Waals surface area (Å²) in [4.78, 5) is 11.9. The average molecular weight is 377 g/mol. The highest BCUT2D eigenvalue weighted by Gasteiger charge is 2.08. The Morgan fingerprint density at radius 1 is 1.15 bits per heavy atom. The van der Waals surface area contributed by atoms with Gasteiger partial charge in [0.2, 0.25) is 0 Å². The van der Waals surface area contributed by atoms with Gasteiger partial charge in [-0.05, 0) is 32.3 Å². The maximum absolute atomic E-state index is 8.02. The SMILES string of the molecule is C=O.CC(C)(C)OCCNCCN.CC(C)C.OOCc1ccccc1.[HH].[HH]. The Kier molecular flexibility index (Phi) is 24.6. The van der Waals surface area contributed by atoms with E-state index in [1.165, 1.54) is 0 Å². The van der Waals surface area contributed by atoms with Crippen molar-refractivity contribution in [1.29, 1.82) is 0 Å². The Bertz CT molecular complexity index is 375. The van der Waals surface area contributed by atoms with Crippen LogP contribution >= 0.6 is 0 Å². The molecular formula is C20H44N2O4. The fourth-order valence-corrected chi connectivity index (χ4v) is 1.31. The summed E-state index contributed by atoms with van der Waals surface area (Å²) in [6, 6.07) is 9.48. The first-order valence-electron chi connectivity index (χ1n) is 8.86. The number of benzene rings is 1. The largest absolute Gasteiger partial charge is 0.375 e. The van der Waals surface area contributed by atoms with Crippen molar-refractivity contribution in [1.82, 2.24) is 5.32 Å². The first-order chi connectivity index (χ1) is 12.2. The minimum atomic E-state index is -0.0234. The molecule has 0 radical (unpaired) electrons. The van der Waals surface area contributed by atoms with E-state index in [-0.39, 0.29) is 15.1 Å². The summed E-state index contributed by atoms with van der Waals surface area (Å²) >= 11 is 0. The van der Waals surface area contributed by atoms with Gasteiger partial charge in [0, 0.05) is 22.5 Å². The first-order valence-corrected chi connectivity index (χ1v) is 8.86. The van der Waals surface area contributed by atoms with E-state index in [4.69, 9.17) is 20.5 Å². The van der Waals surface area contributed by atoms with Gasteiger partial charge in [-0.1, -0.05) is 51.1 Å². The molecule has 0 fully saturated rings. The topological polar surface area (TPSA) is 93.8 Å². The molecule has 6 nitrogen and oxygen atoms in total. The number of carbonyl (C=O) groups is 1. The first kappa shape index (κ1) is 29.5. The standard InChI is InChI=1S/C8H20N2O.C7H8O2.C4H10.CH2O.2H2/c1-8(2,3)11-7-6-10-5-4-9;8-9-6-7-4-2-1-3-5-7;1-4(2)3;1-2;;/h10H,4-7,9H2,1-3H3;1-5,8H,6H2;4H,1-3H3;1H2;2*1H. The summed E-state index contributed by atoms with van der Waals surface area (Å²) in [5.41, 5.74) is 6.24. The molecule has 0 spiro atoms. The molecule has 158 valence electrons. The van der Waals surface area contributed by atoms with Gasteiger partial charge in [-0.15, -0.1) is 0 Å². The maximum Gasteiger partial charge on any atom is 0.107 e. The lowest BCUT2D eigenvalue weighted by Gasteiger charge is -2.19. The van der Waals surface area contributed by atoms with Crippen molar-refractivity contribution in [3.8, 4) is 0 Å². The molecule has 0 aromatic heterocycles. The highest BCUT2D eigenvalue weighted by molar-refractivity contribution is 5.13. The molecule has 0 amide bonds. The van der Waals surface area contributed by atoms with E-state index in [1.807, 2.05) is 37.1 Å². The Hall–Kier alpha value is -1.31. The summed E-state index contributed by atoms with van der Waals surface area (Å²) in [5.74, 6) is 0.833. The second kappa shape index (κ2) is 21.7. The summed E-state index contributed by atoms with van der Waals surface area (Å²) in [7, 11) is 0. The van der Waals surface area contributed by atoms with Crippen molar-refractivity contribution in [2.45, 2.75) is 53.8 Å². The molecule has 1 aromatic rings. The van der Waals surface area contributed by atoms with Crippen molar-refractivity contribution < 1.29 is 22.5 Å². The summed E-state index contributed by atoms with van der Waals surface area (Å²) in [6.07, 6.45) is 0. The van der Waals surface area contributed by atoms with Gasteiger partial charge in [0.25, 0.3) is 0 Å². The molecule has 0 aliphatic rings. The van der Waals surface area contributed by atoms with Crippen LogP contribution in [0.4, 0.5) is 0 Å². The van der Waals surface area contributed by atoms with Gasteiger partial charge in [0.15, 0.2) is 0 Å². The third-order valence-electron chi connectivity index (χ3n) is 2.21. The molecule has 0 saturated heterocycles. The minimum absolute atomic E-state index is 0. The predicted octanol–water partition coefficient (Wildman–Crippen LogP) is 4.00. The van der Waals surface area contributed by atoms with Crippen LogP contribution in [0.15, 0.2) is 30.3 Å². The number of nitrogens with two attached hydrogens (primary N) is 1. The summed E-state index contributed by atoms with van der Waals surface area (Å²) in [6.45, 7) is 18.1. The van der Waals surface area contributed by atoms with Crippen LogP contribution in [0.3, 0.4) is 0 Å². The van der Waals surface area contributed by atoms with Crippen molar-refractivity contribution >= 4 is 6.79 Å². The molecule has 4 N–H and O–H groups in total. The number of carbonyl (C=O) groups excluding carboxylic acids is 1. The fourth-order valence-electron chi connectivity index (χ4n) is 1.31. The van der Waals surface area contributed by atoms with E-state index >= 15 is 0 Å². The van der Waals surface area contributed by atoms with Gasteiger partial charge in [0.1, 0.15) is 13.4 Å². The summed E-state index contributed by atoms with van der Waals surface area (Å²) < 4.78 is 5.47. The lowest BCUT2D eigenvalue weighted by Crippen LogP contribution is -2.29. The van der Waals surface area contributed by atoms with Crippen LogP contribution in [0.2, 0.25) is 0 Å². The van der Waals surface area contributed by atoms with E-state index in [2.05, 4.69) is 51.7 Å². The Morgan fingerprint density at radius 2 is 1.65 bits per heavy atom. The van der Waals surface area contributed by atoms with Gasteiger partial charge in [-0.2, -0.15) is 0 Å². The molecule has 1 rings (SSSR count). The van der Waals surface area contributed by atoms with E-state index < -0.39 is 0 Å². The van der Waals surface area contributed by atoms with E-state index in [0.717, 1.165) is 31.2 Å². The monoisotopic (exact) mass is 376 g/mol. The number of rotatable bonds is 7. The van der Waals surface area contributed by atoms with Crippen molar-refractivity contribution in [3.63, 3.8) is 0 Å². The molecular weight excluding hydrogens is 332 g/mol. The van der Waals surface area contributed by atoms with Crippen LogP contribution in [0.5, 0.6) is 0 Å². The Balaban J connectivity index is -0.0000000939. The van der Waals surface area contributed by atoms with Crippen LogP contribution in [0, 0.1) is 5.92 Å². The fraction of sp³-hybridized carbons (Fsp3) is 0.650. The molecule has 0 heterocycles. The lowest BCUT2D eigenvalue weighted by atomic mass is 10.2. The second-order valence-electron chi connectivity index (χ2n) is 6.99. The molecule has 26 heavy (non-hydrogen) atoms. The normalized spacial score (nSPS) is 9.88. The molecule has 0 unspecified atom stereocenters. The molecule has 0 saturated carbocycles. The van der Waals surface area contributed by atoms with Crippen LogP contribution in [-0.4, -0.2) is 43.9 Å². The number of nitrogens with one attached hydrogen (secondary N) is 1. The highest BCUT2D eigenvalue weighted by Crippen LogP contribution is 2.04. The van der Waals surface area contributed by atoms with Crippen molar-refractivity contribution in [2.75, 3.05) is 26.2 Å². The minimum Gasteiger partial charge on any atom is -0.375 e. The molecule has 0 aliphatic heterocycles. The van der Waals surface area contributed by atoms with Gasteiger partial charge in [-0.25, -0.2) is 4.89 Å². The highest BCUT2D eigenvalue weighted by atomic mass is 17.1. The van der Waals surface area contributed by atoms with Crippen LogP contribution in [0.1, 0.15) is 50.0 Å². The van der Waals surface area contributed by atoms with Gasteiger partial charge in [0.05, 0.1) is 12.2 Å². The molecule has 0 bridgehead atoms.